The average Bonchev–Trinajstić information content (AvgIpc) is 3.24. The molecule has 0 aromatic carbocycles. The van der Waals surface area contributed by atoms with Gasteiger partial charge >= 0.3 is 6.03 Å². The van der Waals surface area contributed by atoms with Crippen molar-refractivity contribution in [2.45, 2.75) is 38.6 Å². The zero-order valence-electron chi connectivity index (χ0n) is 12.7. The number of H-pyrrole nitrogens is 1. The molecule has 6 nitrogen and oxygen atoms in total. The number of imidazole rings is 1. The first-order valence-electron chi connectivity index (χ1n) is 7.72. The van der Waals surface area contributed by atoms with Gasteiger partial charge in [0.1, 0.15) is 10.8 Å². The van der Waals surface area contributed by atoms with Crippen LogP contribution in [-0.2, 0) is 13.0 Å². The highest BCUT2D eigenvalue weighted by atomic mass is 32.1. The number of piperidine rings is 1. The van der Waals surface area contributed by atoms with E-state index in [0.29, 0.717) is 12.5 Å². The van der Waals surface area contributed by atoms with E-state index in [1.807, 2.05) is 17.3 Å². The standard InChI is InChI=1S/C15H21N5OS/c1-2-12-8-18-13(22-12)9-19-15(21)20-7-3-4-11(10-20)14-16-5-6-17-14/h5-6,8,11H,2-4,7,9-10H2,1H3,(H,16,17)(H,19,21). The van der Waals surface area contributed by atoms with E-state index in [9.17, 15) is 4.79 Å². The Kier molecular flexibility index (Phi) is 4.72. The average molecular weight is 319 g/mol. The number of aryl methyl sites for hydroxylation is 1. The van der Waals surface area contributed by atoms with Crippen molar-refractivity contribution in [1.29, 1.82) is 0 Å². The van der Waals surface area contributed by atoms with Crippen LogP contribution in [0.15, 0.2) is 18.6 Å². The fraction of sp³-hybridized carbons (Fsp3) is 0.533. The summed E-state index contributed by atoms with van der Waals surface area (Å²) in [6.45, 7) is 4.14. The Morgan fingerprint density at radius 1 is 1.55 bits per heavy atom. The Morgan fingerprint density at radius 2 is 2.45 bits per heavy atom. The van der Waals surface area contributed by atoms with Gasteiger partial charge in [-0.2, -0.15) is 0 Å². The molecule has 0 bridgehead atoms. The number of nitrogens with one attached hydrogen (secondary N) is 2. The van der Waals surface area contributed by atoms with Crippen LogP contribution in [0.5, 0.6) is 0 Å². The summed E-state index contributed by atoms with van der Waals surface area (Å²) in [5.74, 6) is 1.28. The number of likely N-dealkylation sites (tertiary alicyclic amines) is 1. The Balaban J connectivity index is 1.53. The smallest absolute Gasteiger partial charge is 0.317 e. The maximum atomic E-state index is 12.3. The van der Waals surface area contributed by atoms with Gasteiger partial charge in [0.2, 0.25) is 0 Å². The van der Waals surface area contributed by atoms with Crippen molar-refractivity contribution in [2.75, 3.05) is 13.1 Å². The lowest BCUT2D eigenvalue weighted by atomic mass is 9.98. The van der Waals surface area contributed by atoms with Crippen LogP contribution in [0.4, 0.5) is 4.79 Å². The van der Waals surface area contributed by atoms with E-state index in [1.165, 1.54) is 4.88 Å². The highest BCUT2D eigenvalue weighted by molar-refractivity contribution is 7.11. The van der Waals surface area contributed by atoms with E-state index in [-0.39, 0.29) is 6.03 Å². The van der Waals surface area contributed by atoms with Gasteiger partial charge in [0.15, 0.2) is 0 Å². The summed E-state index contributed by atoms with van der Waals surface area (Å²) >= 11 is 1.66. The van der Waals surface area contributed by atoms with Crippen LogP contribution >= 0.6 is 11.3 Å². The van der Waals surface area contributed by atoms with Gasteiger partial charge < -0.3 is 15.2 Å². The summed E-state index contributed by atoms with van der Waals surface area (Å²) < 4.78 is 0. The van der Waals surface area contributed by atoms with Gasteiger partial charge in [0.25, 0.3) is 0 Å². The van der Waals surface area contributed by atoms with Gasteiger partial charge in [-0.15, -0.1) is 11.3 Å². The number of amides is 2. The SMILES string of the molecule is CCc1cnc(CNC(=O)N2CCCC(c3ncc[nH]3)C2)s1. The van der Waals surface area contributed by atoms with E-state index in [2.05, 4.69) is 27.2 Å². The van der Waals surface area contributed by atoms with Crippen LogP contribution in [0.2, 0.25) is 0 Å². The molecule has 1 atom stereocenters. The predicted octanol–water partition coefficient (Wildman–Crippen LogP) is 2.52. The molecule has 2 aromatic rings. The molecule has 1 fully saturated rings. The summed E-state index contributed by atoms with van der Waals surface area (Å²) in [5.41, 5.74) is 0. The fourth-order valence-electron chi connectivity index (χ4n) is 2.74. The van der Waals surface area contributed by atoms with Crippen LogP contribution in [0.1, 0.15) is 41.4 Å². The van der Waals surface area contributed by atoms with E-state index in [0.717, 1.165) is 43.2 Å². The highest BCUT2D eigenvalue weighted by Gasteiger charge is 2.26. The summed E-state index contributed by atoms with van der Waals surface area (Å²) in [6, 6.07) is -0.00972. The zero-order valence-corrected chi connectivity index (χ0v) is 13.5. The Morgan fingerprint density at radius 3 is 3.18 bits per heavy atom. The lowest BCUT2D eigenvalue weighted by Gasteiger charge is -2.31. The first-order chi connectivity index (χ1) is 10.8. The van der Waals surface area contributed by atoms with Gasteiger partial charge in [0, 0.05) is 42.5 Å². The number of aromatic nitrogens is 3. The molecule has 7 heteroatoms. The second kappa shape index (κ2) is 6.91. The quantitative estimate of drug-likeness (QED) is 0.909. The molecule has 0 radical (unpaired) electrons. The third kappa shape index (κ3) is 3.47. The number of carbonyl (C=O) groups excluding carboxylic acids is 1. The van der Waals surface area contributed by atoms with Crippen LogP contribution in [0, 0.1) is 0 Å². The molecule has 0 saturated carbocycles. The van der Waals surface area contributed by atoms with E-state index >= 15 is 0 Å². The number of hydrogen-bond acceptors (Lipinski definition) is 4. The summed E-state index contributed by atoms with van der Waals surface area (Å²) in [7, 11) is 0. The third-order valence-corrected chi connectivity index (χ3v) is 5.10. The molecule has 0 spiro atoms. The molecule has 1 unspecified atom stereocenters. The lowest BCUT2D eigenvalue weighted by molar-refractivity contribution is 0.178. The third-order valence-electron chi connectivity index (χ3n) is 3.96. The first kappa shape index (κ1) is 15.0. The maximum Gasteiger partial charge on any atom is 0.317 e. The second-order valence-corrected chi connectivity index (χ2v) is 6.69. The van der Waals surface area contributed by atoms with Crippen molar-refractivity contribution in [2.24, 2.45) is 0 Å². The number of carbonyl (C=O) groups is 1. The minimum atomic E-state index is -0.00972. The van der Waals surface area contributed by atoms with Gasteiger partial charge in [-0.3, -0.25) is 0 Å². The Bertz CT molecular complexity index is 609. The molecule has 1 aliphatic rings. The Hall–Kier alpha value is -1.89. The van der Waals surface area contributed by atoms with Crippen LogP contribution < -0.4 is 5.32 Å². The number of hydrogen-bond donors (Lipinski definition) is 2. The van der Waals surface area contributed by atoms with Gasteiger partial charge in [-0.05, 0) is 19.3 Å². The van der Waals surface area contributed by atoms with Crippen molar-refractivity contribution in [1.82, 2.24) is 25.2 Å². The lowest BCUT2D eigenvalue weighted by Crippen LogP contribution is -2.44. The van der Waals surface area contributed by atoms with E-state index in [4.69, 9.17) is 0 Å². The zero-order chi connectivity index (χ0) is 15.4. The van der Waals surface area contributed by atoms with E-state index in [1.54, 1.807) is 17.5 Å². The second-order valence-electron chi connectivity index (χ2n) is 5.49. The summed E-state index contributed by atoms with van der Waals surface area (Å²) in [4.78, 5) is 27.3. The highest BCUT2D eigenvalue weighted by Crippen LogP contribution is 2.24. The fourth-order valence-corrected chi connectivity index (χ4v) is 3.54. The van der Waals surface area contributed by atoms with Crippen molar-refractivity contribution in [3.05, 3.63) is 34.3 Å². The molecule has 2 aromatic heterocycles. The maximum absolute atomic E-state index is 12.3. The number of urea groups is 1. The van der Waals surface area contributed by atoms with E-state index < -0.39 is 0 Å². The summed E-state index contributed by atoms with van der Waals surface area (Å²) in [6.07, 6.45) is 8.56. The van der Waals surface area contributed by atoms with Gasteiger partial charge in [0.05, 0.1) is 6.54 Å². The van der Waals surface area contributed by atoms with Crippen molar-refractivity contribution >= 4 is 17.4 Å². The minimum Gasteiger partial charge on any atom is -0.348 e. The van der Waals surface area contributed by atoms with Crippen LogP contribution in [-0.4, -0.2) is 39.0 Å². The van der Waals surface area contributed by atoms with Crippen LogP contribution in [0.3, 0.4) is 0 Å². The molecule has 1 aliphatic heterocycles. The van der Waals surface area contributed by atoms with Crippen molar-refractivity contribution in [3.63, 3.8) is 0 Å². The molecule has 22 heavy (non-hydrogen) atoms. The summed E-state index contributed by atoms with van der Waals surface area (Å²) in [5, 5.41) is 3.94. The normalized spacial score (nSPS) is 18.4. The number of aromatic amines is 1. The number of rotatable bonds is 4. The molecule has 0 aliphatic carbocycles. The van der Waals surface area contributed by atoms with Gasteiger partial charge in [-0.1, -0.05) is 6.92 Å². The van der Waals surface area contributed by atoms with Crippen molar-refractivity contribution in [3.8, 4) is 0 Å². The monoisotopic (exact) mass is 319 g/mol. The molecule has 2 N–H and O–H groups in total. The molecule has 2 amide bonds. The molecular formula is C15H21N5OS. The number of nitrogens with zero attached hydrogens (tertiary/aromatic N) is 3. The molecule has 3 rings (SSSR count). The predicted molar refractivity (Wildman–Crippen MR) is 85.9 cm³/mol. The first-order valence-corrected chi connectivity index (χ1v) is 8.53. The molecular weight excluding hydrogens is 298 g/mol. The van der Waals surface area contributed by atoms with Crippen LogP contribution in [0.25, 0.3) is 0 Å². The molecule has 3 heterocycles. The molecule has 1 saturated heterocycles. The topological polar surface area (TPSA) is 73.9 Å². The van der Waals surface area contributed by atoms with Gasteiger partial charge in [-0.25, -0.2) is 14.8 Å². The van der Waals surface area contributed by atoms with Crippen molar-refractivity contribution < 1.29 is 4.79 Å². The largest absolute Gasteiger partial charge is 0.348 e. The Labute approximate surface area is 134 Å². The molecule has 118 valence electrons. The minimum absolute atomic E-state index is 0.00972. The number of thiazole rings is 1.